The summed E-state index contributed by atoms with van der Waals surface area (Å²) in [5.41, 5.74) is 0. The largest absolute Gasteiger partial charge is 0.378 e. The second kappa shape index (κ2) is 4.72. The van der Waals surface area contributed by atoms with Gasteiger partial charge in [-0.25, -0.2) is 12.8 Å². The molecule has 1 heterocycles. The molecule has 2 rings (SSSR count). The summed E-state index contributed by atoms with van der Waals surface area (Å²) in [5, 5.41) is 0. The van der Waals surface area contributed by atoms with Gasteiger partial charge in [0, 0.05) is 12.6 Å². The van der Waals surface area contributed by atoms with E-state index in [1.165, 1.54) is 22.5 Å². The fourth-order valence-electron chi connectivity index (χ4n) is 1.85. The van der Waals surface area contributed by atoms with Gasteiger partial charge in [0.25, 0.3) is 0 Å². The maximum atomic E-state index is 13.5. The van der Waals surface area contributed by atoms with Gasteiger partial charge in [-0.3, -0.25) is 0 Å². The Hall–Kier alpha value is -0.980. The molecule has 1 atom stereocenters. The van der Waals surface area contributed by atoms with Gasteiger partial charge in [-0.2, -0.15) is 4.31 Å². The first kappa shape index (κ1) is 12.5. The van der Waals surface area contributed by atoms with Crippen molar-refractivity contribution < 1.29 is 17.5 Å². The molecule has 1 aromatic rings. The average molecular weight is 259 g/mol. The van der Waals surface area contributed by atoms with Crippen LogP contribution in [-0.4, -0.2) is 38.5 Å². The zero-order chi connectivity index (χ0) is 12.5. The number of halogens is 1. The van der Waals surface area contributed by atoms with Crippen LogP contribution in [0.15, 0.2) is 29.2 Å². The molecule has 4 nitrogen and oxygen atoms in total. The quantitative estimate of drug-likeness (QED) is 0.802. The number of benzene rings is 1. The van der Waals surface area contributed by atoms with Gasteiger partial charge in [-0.05, 0) is 19.1 Å². The molecule has 0 saturated carbocycles. The van der Waals surface area contributed by atoms with E-state index in [9.17, 15) is 12.8 Å². The number of hydrogen-bond acceptors (Lipinski definition) is 3. The zero-order valence-corrected chi connectivity index (χ0v) is 10.3. The van der Waals surface area contributed by atoms with E-state index in [2.05, 4.69) is 0 Å². The third-order valence-corrected chi connectivity index (χ3v) is 4.78. The summed E-state index contributed by atoms with van der Waals surface area (Å²) in [6.45, 7) is 2.70. The molecule has 1 saturated heterocycles. The van der Waals surface area contributed by atoms with Gasteiger partial charge in [0.1, 0.15) is 10.7 Å². The molecule has 0 radical (unpaired) electrons. The lowest BCUT2D eigenvalue weighted by molar-refractivity contribution is 0.0392. The van der Waals surface area contributed by atoms with Crippen molar-refractivity contribution in [2.45, 2.75) is 17.9 Å². The van der Waals surface area contributed by atoms with Gasteiger partial charge in [-0.15, -0.1) is 0 Å². The van der Waals surface area contributed by atoms with E-state index in [0.717, 1.165) is 6.07 Å². The highest BCUT2D eigenvalue weighted by atomic mass is 32.2. The lowest BCUT2D eigenvalue weighted by atomic mass is 10.3. The topological polar surface area (TPSA) is 46.6 Å². The molecule has 0 amide bonds. The van der Waals surface area contributed by atoms with Crippen molar-refractivity contribution in [3.8, 4) is 0 Å². The minimum atomic E-state index is -3.76. The summed E-state index contributed by atoms with van der Waals surface area (Å²) >= 11 is 0. The molecule has 0 aromatic heterocycles. The molecule has 1 fully saturated rings. The first-order valence-corrected chi connectivity index (χ1v) is 6.81. The Morgan fingerprint density at radius 3 is 2.76 bits per heavy atom. The minimum Gasteiger partial charge on any atom is -0.378 e. The summed E-state index contributed by atoms with van der Waals surface area (Å²) in [4.78, 5) is -0.270. The van der Waals surface area contributed by atoms with E-state index < -0.39 is 15.8 Å². The average Bonchev–Trinajstić information content (AvgIpc) is 2.29. The van der Waals surface area contributed by atoms with Crippen molar-refractivity contribution in [2.75, 3.05) is 19.8 Å². The van der Waals surface area contributed by atoms with Gasteiger partial charge in [0.2, 0.25) is 10.0 Å². The molecule has 6 heteroatoms. The summed E-state index contributed by atoms with van der Waals surface area (Å²) < 4.78 is 44.5. The van der Waals surface area contributed by atoms with Crippen LogP contribution in [0.2, 0.25) is 0 Å². The maximum absolute atomic E-state index is 13.5. The van der Waals surface area contributed by atoms with Crippen LogP contribution < -0.4 is 0 Å². The smallest absolute Gasteiger partial charge is 0.246 e. The molecule has 1 aliphatic rings. The summed E-state index contributed by atoms with van der Waals surface area (Å²) in [5.74, 6) is -0.716. The first-order chi connectivity index (χ1) is 8.03. The van der Waals surface area contributed by atoms with Crippen molar-refractivity contribution in [2.24, 2.45) is 0 Å². The van der Waals surface area contributed by atoms with Crippen LogP contribution in [0.3, 0.4) is 0 Å². The molecule has 94 valence electrons. The fourth-order valence-corrected chi connectivity index (χ4v) is 3.52. The van der Waals surface area contributed by atoms with E-state index in [1.807, 2.05) is 0 Å². The molecule has 1 aromatic carbocycles. The normalized spacial score (nSPS) is 22.6. The summed E-state index contributed by atoms with van der Waals surface area (Å²) in [7, 11) is -3.76. The van der Waals surface area contributed by atoms with Crippen molar-refractivity contribution in [1.82, 2.24) is 4.31 Å². The van der Waals surface area contributed by atoms with Crippen molar-refractivity contribution in [3.63, 3.8) is 0 Å². The maximum Gasteiger partial charge on any atom is 0.246 e. The van der Waals surface area contributed by atoms with Crippen LogP contribution >= 0.6 is 0 Å². The number of rotatable bonds is 2. The van der Waals surface area contributed by atoms with Crippen LogP contribution in [0.1, 0.15) is 6.92 Å². The molecule has 0 bridgehead atoms. The molecular formula is C11H14FNO3S. The summed E-state index contributed by atoms with van der Waals surface area (Å²) in [6, 6.07) is 5.15. The lowest BCUT2D eigenvalue weighted by Gasteiger charge is -2.32. The third kappa shape index (κ3) is 2.34. The van der Waals surface area contributed by atoms with E-state index in [4.69, 9.17) is 4.74 Å². The monoisotopic (exact) mass is 259 g/mol. The molecule has 0 spiro atoms. The number of morpholine rings is 1. The lowest BCUT2D eigenvalue weighted by Crippen LogP contribution is -2.47. The van der Waals surface area contributed by atoms with Crippen LogP contribution in [0, 0.1) is 5.82 Å². The van der Waals surface area contributed by atoms with Crippen LogP contribution in [0.4, 0.5) is 4.39 Å². The molecule has 1 unspecified atom stereocenters. The first-order valence-electron chi connectivity index (χ1n) is 5.37. The van der Waals surface area contributed by atoms with E-state index in [-0.39, 0.29) is 17.5 Å². The Labute approximate surface area is 100 Å². The highest BCUT2D eigenvalue weighted by molar-refractivity contribution is 7.89. The Kier molecular flexibility index (Phi) is 3.46. The molecule has 0 N–H and O–H groups in total. The SMILES string of the molecule is CC1COCCN1S(=O)(=O)c1ccccc1F. The highest BCUT2D eigenvalue weighted by Gasteiger charge is 2.32. The molecule has 1 aliphatic heterocycles. The highest BCUT2D eigenvalue weighted by Crippen LogP contribution is 2.22. The Morgan fingerprint density at radius 1 is 1.41 bits per heavy atom. The molecule has 17 heavy (non-hydrogen) atoms. The summed E-state index contributed by atoms with van der Waals surface area (Å²) in [6.07, 6.45) is 0. The van der Waals surface area contributed by atoms with E-state index in [1.54, 1.807) is 6.92 Å². The Balaban J connectivity index is 2.39. The van der Waals surface area contributed by atoms with Crippen LogP contribution in [-0.2, 0) is 14.8 Å². The molecule has 0 aliphatic carbocycles. The van der Waals surface area contributed by atoms with Crippen molar-refractivity contribution in [1.29, 1.82) is 0 Å². The number of sulfonamides is 1. The van der Waals surface area contributed by atoms with E-state index in [0.29, 0.717) is 13.2 Å². The standard InChI is InChI=1S/C11H14FNO3S/c1-9-8-16-7-6-13(9)17(14,15)11-5-3-2-4-10(11)12/h2-5,9H,6-8H2,1H3. The van der Waals surface area contributed by atoms with Gasteiger partial charge in [-0.1, -0.05) is 12.1 Å². The number of nitrogens with zero attached hydrogens (tertiary/aromatic N) is 1. The molecular weight excluding hydrogens is 245 g/mol. The predicted molar refractivity (Wildman–Crippen MR) is 60.6 cm³/mol. The number of hydrogen-bond donors (Lipinski definition) is 0. The zero-order valence-electron chi connectivity index (χ0n) is 9.47. The van der Waals surface area contributed by atoms with Crippen LogP contribution in [0.5, 0.6) is 0 Å². The Bertz CT molecular complexity index is 503. The second-order valence-corrected chi connectivity index (χ2v) is 5.83. The minimum absolute atomic E-state index is 0.262. The van der Waals surface area contributed by atoms with Gasteiger partial charge in [0.15, 0.2) is 0 Å². The second-order valence-electron chi connectivity index (χ2n) is 3.97. The van der Waals surface area contributed by atoms with Gasteiger partial charge < -0.3 is 4.74 Å². The van der Waals surface area contributed by atoms with Gasteiger partial charge >= 0.3 is 0 Å². The fraction of sp³-hybridized carbons (Fsp3) is 0.455. The van der Waals surface area contributed by atoms with Crippen molar-refractivity contribution in [3.05, 3.63) is 30.1 Å². The van der Waals surface area contributed by atoms with E-state index >= 15 is 0 Å². The van der Waals surface area contributed by atoms with Crippen molar-refractivity contribution >= 4 is 10.0 Å². The Morgan fingerprint density at radius 2 is 2.12 bits per heavy atom. The number of ether oxygens (including phenoxy) is 1. The third-order valence-electron chi connectivity index (χ3n) is 2.73. The van der Waals surface area contributed by atoms with Gasteiger partial charge in [0.05, 0.1) is 13.2 Å². The predicted octanol–water partition coefficient (Wildman–Crippen LogP) is 1.24. The van der Waals surface area contributed by atoms with Crippen LogP contribution in [0.25, 0.3) is 0 Å².